The smallest absolute Gasteiger partial charge is 0.223 e. The number of amides is 1. The van der Waals surface area contributed by atoms with Crippen LogP contribution in [0.1, 0.15) is 42.0 Å². The predicted octanol–water partition coefficient (Wildman–Crippen LogP) is 3.10. The zero-order valence-corrected chi connectivity index (χ0v) is 17.0. The van der Waals surface area contributed by atoms with Crippen LogP contribution in [0.2, 0.25) is 0 Å². The first kappa shape index (κ1) is 19.2. The Balaban J connectivity index is 1.51. The van der Waals surface area contributed by atoms with Gasteiger partial charge < -0.3 is 14.2 Å². The maximum atomic E-state index is 12.9. The number of hydrogen-bond donors (Lipinski definition) is 0. The van der Waals surface area contributed by atoms with E-state index in [9.17, 15) is 4.79 Å². The Labute approximate surface area is 166 Å². The quantitative estimate of drug-likeness (QED) is 0.812. The Morgan fingerprint density at radius 2 is 2.00 bits per heavy atom. The van der Waals surface area contributed by atoms with Crippen molar-refractivity contribution in [1.82, 2.24) is 15.0 Å². The van der Waals surface area contributed by atoms with E-state index in [-0.39, 0.29) is 17.4 Å². The standard InChI is InChI=1S/C22H29N3O3/c1-16-20(18(3)28-23-16)12-24-9-10-27-15-22(13-24)11-21(26)25(14-22)17(2)19-7-5-4-6-8-19/h4-8,17H,9-15H2,1-3H3/t17-,22-/m1/s1. The summed E-state index contributed by atoms with van der Waals surface area (Å²) >= 11 is 0. The molecule has 2 aliphatic rings. The van der Waals surface area contributed by atoms with E-state index in [1.54, 1.807) is 0 Å². The van der Waals surface area contributed by atoms with E-state index in [2.05, 4.69) is 29.1 Å². The van der Waals surface area contributed by atoms with Crippen LogP contribution in [-0.2, 0) is 16.1 Å². The van der Waals surface area contributed by atoms with Crippen LogP contribution in [0.5, 0.6) is 0 Å². The van der Waals surface area contributed by atoms with E-state index < -0.39 is 0 Å². The molecule has 2 aromatic rings. The monoisotopic (exact) mass is 383 g/mol. The number of rotatable bonds is 4. The third-order valence-corrected chi connectivity index (χ3v) is 6.18. The highest BCUT2D eigenvalue weighted by Crippen LogP contribution is 2.38. The number of aromatic nitrogens is 1. The Morgan fingerprint density at radius 3 is 2.71 bits per heavy atom. The number of carbonyl (C=O) groups excluding carboxylic acids is 1. The number of benzene rings is 1. The summed E-state index contributed by atoms with van der Waals surface area (Å²) in [4.78, 5) is 17.4. The van der Waals surface area contributed by atoms with Gasteiger partial charge in [-0.1, -0.05) is 35.5 Å². The molecule has 6 heteroatoms. The van der Waals surface area contributed by atoms with Crippen molar-refractivity contribution < 1.29 is 14.1 Å². The summed E-state index contributed by atoms with van der Waals surface area (Å²) in [7, 11) is 0. The molecule has 1 aromatic carbocycles. The first-order valence-corrected chi connectivity index (χ1v) is 10.0. The fraction of sp³-hybridized carbons (Fsp3) is 0.545. The first-order chi connectivity index (χ1) is 13.5. The van der Waals surface area contributed by atoms with Gasteiger partial charge in [-0.2, -0.15) is 0 Å². The summed E-state index contributed by atoms with van der Waals surface area (Å²) in [5.41, 5.74) is 3.11. The third kappa shape index (κ3) is 3.71. The molecule has 4 rings (SSSR count). The molecule has 2 fully saturated rings. The minimum Gasteiger partial charge on any atom is -0.379 e. The van der Waals surface area contributed by atoms with Gasteiger partial charge in [0.25, 0.3) is 0 Å². The molecule has 28 heavy (non-hydrogen) atoms. The highest BCUT2D eigenvalue weighted by molar-refractivity contribution is 5.80. The molecule has 6 nitrogen and oxygen atoms in total. The molecular formula is C22H29N3O3. The van der Waals surface area contributed by atoms with E-state index >= 15 is 0 Å². The largest absolute Gasteiger partial charge is 0.379 e. The van der Waals surface area contributed by atoms with Crippen molar-refractivity contribution in [2.45, 2.75) is 39.8 Å². The zero-order valence-electron chi connectivity index (χ0n) is 17.0. The van der Waals surface area contributed by atoms with Gasteiger partial charge in [-0.15, -0.1) is 0 Å². The number of aryl methyl sites for hydroxylation is 2. The Hall–Kier alpha value is -2.18. The molecule has 1 amide bonds. The molecule has 2 saturated heterocycles. The molecule has 0 bridgehead atoms. The van der Waals surface area contributed by atoms with Gasteiger partial charge in [-0.3, -0.25) is 9.69 Å². The van der Waals surface area contributed by atoms with Gasteiger partial charge in [-0.25, -0.2) is 0 Å². The van der Waals surface area contributed by atoms with Crippen LogP contribution < -0.4 is 0 Å². The highest BCUT2D eigenvalue weighted by atomic mass is 16.5. The van der Waals surface area contributed by atoms with E-state index in [0.29, 0.717) is 19.6 Å². The Kier molecular flexibility index (Phi) is 5.25. The van der Waals surface area contributed by atoms with E-state index in [1.807, 2.05) is 36.9 Å². The Morgan fingerprint density at radius 1 is 1.21 bits per heavy atom. The second-order valence-corrected chi connectivity index (χ2v) is 8.35. The first-order valence-electron chi connectivity index (χ1n) is 10.0. The van der Waals surface area contributed by atoms with Crippen LogP contribution in [-0.4, -0.2) is 53.7 Å². The van der Waals surface area contributed by atoms with Gasteiger partial charge in [0.15, 0.2) is 0 Å². The molecule has 1 spiro atoms. The van der Waals surface area contributed by atoms with Crippen molar-refractivity contribution in [3.63, 3.8) is 0 Å². The maximum absolute atomic E-state index is 12.9. The summed E-state index contributed by atoms with van der Waals surface area (Å²) in [5.74, 6) is 1.10. The van der Waals surface area contributed by atoms with Gasteiger partial charge >= 0.3 is 0 Å². The molecule has 0 unspecified atom stereocenters. The fourth-order valence-electron chi connectivity index (χ4n) is 4.56. The minimum atomic E-state index is -0.157. The summed E-state index contributed by atoms with van der Waals surface area (Å²) in [5, 5.41) is 4.08. The van der Waals surface area contributed by atoms with E-state index in [1.165, 1.54) is 5.56 Å². The average Bonchev–Trinajstić information content (AvgIpc) is 3.09. The molecule has 3 heterocycles. The van der Waals surface area contributed by atoms with Gasteiger partial charge in [-0.05, 0) is 26.3 Å². The molecule has 150 valence electrons. The highest BCUT2D eigenvalue weighted by Gasteiger charge is 2.47. The van der Waals surface area contributed by atoms with Crippen LogP contribution in [0.4, 0.5) is 0 Å². The van der Waals surface area contributed by atoms with E-state index in [4.69, 9.17) is 9.26 Å². The van der Waals surface area contributed by atoms with Crippen LogP contribution in [0.25, 0.3) is 0 Å². The molecule has 0 saturated carbocycles. The molecule has 0 radical (unpaired) electrons. The maximum Gasteiger partial charge on any atom is 0.223 e. The molecule has 1 aromatic heterocycles. The lowest BCUT2D eigenvalue weighted by molar-refractivity contribution is -0.129. The summed E-state index contributed by atoms with van der Waals surface area (Å²) in [6.45, 7) is 10.6. The summed E-state index contributed by atoms with van der Waals surface area (Å²) < 4.78 is 11.3. The van der Waals surface area contributed by atoms with Crippen LogP contribution in [0.3, 0.4) is 0 Å². The number of nitrogens with zero attached hydrogens (tertiary/aromatic N) is 3. The molecule has 0 N–H and O–H groups in total. The fourth-order valence-corrected chi connectivity index (χ4v) is 4.56. The number of hydrogen-bond acceptors (Lipinski definition) is 5. The lowest BCUT2D eigenvalue weighted by atomic mass is 9.87. The average molecular weight is 383 g/mol. The van der Waals surface area contributed by atoms with E-state index in [0.717, 1.165) is 43.2 Å². The molecule has 0 aliphatic carbocycles. The minimum absolute atomic E-state index is 0.0762. The second kappa shape index (κ2) is 7.68. The van der Waals surface area contributed by atoms with Gasteiger partial charge in [0, 0.05) is 43.6 Å². The molecule has 2 atom stereocenters. The third-order valence-electron chi connectivity index (χ3n) is 6.18. The zero-order chi connectivity index (χ0) is 19.7. The van der Waals surface area contributed by atoms with Crippen molar-refractivity contribution >= 4 is 5.91 Å². The number of likely N-dealkylation sites (tertiary alicyclic amines) is 1. The van der Waals surface area contributed by atoms with Crippen molar-refractivity contribution in [3.8, 4) is 0 Å². The molecular weight excluding hydrogens is 354 g/mol. The van der Waals surface area contributed by atoms with Crippen molar-refractivity contribution in [2.75, 3.05) is 32.8 Å². The predicted molar refractivity (Wildman–Crippen MR) is 106 cm³/mol. The lowest BCUT2D eigenvalue weighted by Gasteiger charge is -2.32. The van der Waals surface area contributed by atoms with Crippen molar-refractivity contribution in [2.24, 2.45) is 5.41 Å². The number of ether oxygens (including phenoxy) is 1. The SMILES string of the molecule is Cc1noc(C)c1CN1CCOC[C@]2(CC(=O)N([C@H](C)c3ccccc3)C2)C1. The second-order valence-electron chi connectivity index (χ2n) is 8.35. The number of carbonyl (C=O) groups is 1. The topological polar surface area (TPSA) is 58.8 Å². The summed E-state index contributed by atoms with van der Waals surface area (Å²) in [6, 6.07) is 10.3. The van der Waals surface area contributed by atoms with Gasteiger partial charge in [0.2, 0.25) is 5.91 Å². The van der Waals surface area contributed by atoms with Crippen LogP contribution in [0.15, 0.2) is 34.9 Å². The van der Waals surface area contributed by atoms with Crippen LogP contribution >= 0.6 is 0 Å². The molecule has 2 aliphatic heterocycles. The lowest BCUT2D eigenvalue weighted by Crippen LogP contribution is -2.41. The van der Waals surface area contributed by atoms with Gasteiger partial charge in [0.1, 0.15) is 5.76 Å². The van der Waals surface area contributed by atoms with Crippen molar-refractivity contribution in [1.29, 1.82) is 0 Å². The van der Waals surface area contributed by atoms with Crippen molar-refractivity contribution in [3.05, 3.63) is 52.9 Å². The Bertz CT molecular complexity index is 815. The van der Waals surface area contributed by atoms with Gasteiger partial charge in [0.05, 0.1) is 24.9 Å². The normalized spacial score (nSPS) is 24.7. The van der Waals surface area contributed by atoms with Crippen LogP contribution in [0, 0.1) is 19.3 Å². The summed E-state index contributed by atoms with van der Waals surface area (Å²) in [6.07, 6.45) is 0.544.